The van der Waals surface area contributed by atoms with Crippen LogP contribution in [-0.2, 0) is 27.4 Å². The third-order valence-corrected chi connectivity index (χ3v) is 9.53. The van der Waals surface area contributed by atoms with E-state index in [-0.39, 0.29) is 42.0 Å². The van der Waals surface area contributed by atoms with E-state index in [1.54, 1.807) is 26.0 Å². The number of alkyl halides is 3. The van der Waals surface area contributed by atoms with Gasteiger partial charge in [-0.25, -0.2) is 13.2 Å². The van der Waals surface area contributed by atoms with Crippen molar-refractivity contribution in [2.24, 2.45) is 0 Å². The Labute approximate surface area is 252 Å². The number of sulfonamides is 1. The first-order chi connectivity index (χ1) is 20.9. The molecule has 2 heterocycles. The molecule has 0 amide bonds. The summed E-state index contributed by atoms with van der Waals surface area (Å²) in [5.74, 6) is -1.75. The van der Waals surface area contributed by atoms with Gasteiger partial charge in [-0.3, -0.25) is 9.36 Å². The maximum absolute atomic E-state index is 14.2. The summed E-state index contributed by atoms with van der Waals surface area (Å²) in [5.41, 5.74) is -1.58. The number of hydrogen-bond acceptors (Lipinski definition) is 5. The summed E-state index contributed by atoms with van der Waals surface area (Å²) in [4.78, 5) is 26.7. The van der Waals surface area contributed by atoms with Crippen LogP contribution in [0.1, 0.15) is 49.4 Å². The summed E-state index contributed by atoms with van der Waals surface area (Å²) in [5, 5.41) is 11.2. The number of aliphatic carboxylic acids is 1. The molecule has 3 aromatic carbocycles. The maximum atomic E-state index is 14.2. The minimum Gasteiger partial charge on any atom is -0.488 e. The number of rotatable bonds is 9. The van der Waals surface area contributed by atoms with Crippen molar-refractivity contribution in [3.63, 3.8) is 0 Å². The molecule has 1 aliphatic rings. The van der Waals surface area contributed by atoms with Crippen LogP contribution in [0.15, 0.2) is 76.6 Å². The van der Waals surface area contributed by atoms with Crippen molar-refractivity contribution in [2.45, 2.75) is 50.4 Å². The van der Waals surface area contributed by atoms with Gasteiger partial charge in [0.1, 0.15) is 6.04 Å². The van der Waals surface area contributed by atoms with Crippen molar-refractivity contribution in [1.29, 1.82) is 0 Å². The second-order valence-electron chi connectivity index (χ2n) is 10.6. The van der Waals surface area contributed by atoms with Crippen LogP contribution in [0.2, 0.25) is 0 Å². The molecule has 12 heteroatoms. The largest absolute Gasteiger partial charge is 0.488 e. The maximum Gasteiger partial charge on any atom is 0.416 e. The molecule has 0 aliphatic carbocycles. The molecule has 8 nitrogen and oxygen atoms in total. The predicted octanol–water partition coefficient (Wildman–Crippen LogP) is 6.11. The Bertz CT molecular complexity index is 1900. The van der Waals surface area contributed by atoms with E-state index in [9.17, 15) is 36.3 Å². The molecule has 1 atom stereocenters. The average molecular weight is 629 g/mol. The van der Waals surface area contributed by atoms with Gasteiger partial charge < -0.3 is 9.84 Å². The average Bonchev–Trinajstić information content (AvgIpc) is 2.98. The topological polar surface area (TPSA) is 106 Å². The van der Waals surface area contributed by atoms with Crippen LogP contribution in [0.25, 0.3) is 21.9 Å². The van der Waals surface area contributed by atoms with Crippen LogP contribution in [-0.4, -0.2) is 48.1 Å². The molecule has 1 unspecified atom stereocenters. The lowest BCUT2D eigenvalue weighted by atomic mass is 9.92. The van der Waals surface area contributed by atoms with Crippen molar-refractivity contribution >= 4 is 26.8 Å². The molecular weight excluding hydrogens is 597 g/mol. The van der Waals surface area contributed by atoms with Crippen molar-refractivity contribution in [3.8, 4) is 16.9 Å². The fraction of sp³-hybridized carbons (Fsp3) is 0.312. The number of carbonyl (C=O) groups is 1. The summed E-state index contributed by atoms with van der Waals surface area (Å²) >= 11 is 0. The Kier molecular flexibility index (Phi) is 8.59. The predicted molar refractivity (Wildman–Crippen MR) is 159 cm³/mol. The summed E-state index contributed by atoms with van der Waals surface area (Å²) in [6, 6.07) is 15.4. The van der Waals surface area contributed by atoms with Crippen LogP contribution in [0.5, 0.6) is 5.75 Å². The quantitative estimate of drug-likeness (QED) is 0.240. The van der Waals surface area contributed by atoms with Gasteiger partial charge in [-0.05, 0) is 46.9 Å². The Morgan fingerprint density at radius 2 is 1.73 bits per heavy atom. The van der Waals surface area contributed by atoms with E-state index < -0.39 is 50.9 Å². The number of aromatic nitrogens is 1. The van der Waals surface area contributed by atoms with Crippen LogP contribution >= 0.6 is 0 Å². The fourth-order valence-corrected chi connectivity index (χ4v) is 7.64. The van der Waals surface area contributed by atoms with Gasteiger partial charge in [0.2, 0.25) is 0 Å². The first-order valence-corrected chi connectivity index (χ1v) is 15.7. The smallest absolute Gasteiger partial charge is 0.416 e. The van der Waals surface area contributed by atoms with E-state index >= 15 is 0 Å². The molecule has 0 fully saturated rings. The molecule has 0 radical (unpaired) electrons. The van der Waals surface area contributed by atoms with E-state index in [1.807, 2.05) is 30.3 Å². The molecule has 0 spiro atoms. The van der Waals surface area contributed by atoms with Crippen LogP contribution in [0.3, 0.4) is 0 Å². The Morgan fingerprint density at radius 1 is 1.02 bits per heavy atom. The van der Waals surface area contributed by atoms with E-state index in [0.717, 1.165) is 33.3 Å². The van der Waals surface area contributed by atoms with Gasteiger partial charge in [0.25, 0.3) is 15.6 Å². The number of carboxylic acids is 1. The Balaban J connectivity index is 1.97. The van der Waals surface area contributed by atoms with Gasteiger partial charge in [-0.15, -0.1) is 0 Å². The van der Waals surface area contributed by atoms with Gasteiger partial charge in [0, 0.05) is 30.6 Å². The normalized spacial score (nSPS) is 16.5. The van der Waals surface area contributed by atoms with Crippen molar-refractivity contribution in [2.75, 3.05) is 19.7 Å². The van der Waals surface area contributed by atoms with Crippen LogP contribution in [0, 0.1) is 0 Å². The summed E-state index contributed by atoms with van der Waals surface area (Å²) in [6.07, 6.45) is -4.03. The highest BCUT2D eigenvalue weighted by atomic mass is 32.2. The van der Waals surface area contributed by atoms with Crippen LogP contribution < -0.4 is 10.3 Å². The number of ether oxygens (including phenoxy) is 1. The zero-order valence-corrected chi connectivity index (χ0v) is 24.9. The van der Waals surface area contributed by atoms with E-state index in [0.29, 0.717) is 23.0 Å². The summed E-state index contributed by atoms with van der Waals surface area (Å²) < 4.78 is 77.9. The molecule has 5 rings (SSSR count). The number of fused-ring (bicyclic) bond motifs is 2. The van der Waals surface area contributed by atoms with Gasteiger partial charge in [-0.2, -0.15) is 17.5 Å². The van der Waals surface area contributed by atoms with E-state index in [4.69, 9.17) is 4.74 Å². The van der Waals surface area contributed by atoms with Gasteiger partial charge >= 0.3 is 12.1 Å². The molecule has 1 N–H and O–H groups in total. The van der Waals surface area contributed by atoms with Gasteiger partial charge in [0.15, 0.2) is 10.8 Å². The molecule has 44 heavy (non-hydrogen) atoms. The number of halogens is 3. The minimum atomic E-state index is -4.75. The number of hydrogen-bond donors (Lipinski definition) is 1. The summed E-state index contributed by atoms with van der Waals surface area (Å²) in [6.45, 7) is 2.98. The first-order valence-electron chi connectivity index (χ1n) is 14.2. The summed E-state index contributed by atoms with van der Waals surface area (Å²) in [7, 11) is -4.56. The SMILES string of the molecule is CCCOc1c(Cc2cccc3ccccc23)c(-c2cccc(C(F)(F)F)c2)c2n(c1=O)C(C(=O)O)CN(CCC)S2(=O)=O. The first kappa shape index (κ1) is 31.3. The highest BCUT2D eigenvalue weighted by molar-refractivity contribution is 7.89. The van der Waals surface area contributed by atoms with Crippen molar-refractivity contribution in [1.82, 2.24) is 8.87 Å². The zero-order chi connectivity index (χ0) is 31.8. The molecular formula is C32H31F3N2O6S. The molecule has 0 bridgehead atoms. The molecule has 1 aromatic heterocycles. The lowest BCUT2D eigenvalue weighted by Crippen LogP contribution is -2.50. The monoisotopic (exact) mass is 628 g/mol. The number of carboxylic acid groups (broad SMARTS) is 1. The van der Waals surface area contributed by atoms with E-state index in [2.05, 4.69) is 0 Å². The molecule has 0 saturated heterocycles. The van der Waals surface area contributed by atoms with Crippen LogP contribution in [0.4, 0.5) is 13.2 Å². The third-order valence-electron chi connectivity index (χ3n) is 7.63. The Morgan fingerprint density at radius 3 is 2.41 bits per heavy atom. The number of benzene rings is 3. The second-order valence-corrected chi connectivity index (χ2v) is 12.5. The standard InChI is InChI=1S/C32H31F3N2O6S/c1-3-15-36-19-26(31(39)40)37-29(38)28(43-16-4-2)25(18-21-11-7-10-20-9-5-6-14-24(20)21)27(30(37)44(36,41)42)22-12-8-13-23(17-22)32(33,34)35/h5-14,17,26H,3-4,15-16,18-19H2,1-2H3,(H,39,40). The molecule has 4 aromatic rings. The molecule has 0 saturated carbocycles. The number of nitrogens with zero attached hydrogens (tertiary/aromatic N) is 2. The lowest BCUT2D eigenvalue weighted by molar-refractivity contribution is -0.141. The van der Waals surface area contributed by atoms with E-state index in [1.165, 1.54) is 6.07 Å². The second kappa shape index (κ2) is 12.1. The van der Waals surface area contributed by atoms with Crippen molar-refractivity contribution < 1.29 is 36.2 Å². The lowest BCUT2D eigenvalue weighted by Gasteiger charge is -2.35. The fourth-order valence-electron chi connectivity index (χ4n) is 5.68. The molecule has 232 valence electrons. The third kappa shape index (κ3) is 5.59. The van der Waals surface area contributed by atoms with Gasteiger partial charge in [0.05, 0.1) is 12.2 Å². The highest BCUT2D eigenvalue weighted by Crippen LogP contribution is 2.43. The zero-order valence-electron chi connectivity index (χ0n) is 24.1. The number of pyridine rings is 1. The van der Waals surface area contributed by atoms with Gasteiger partial charge in [-0.1, -0.05) is 68.4 Å². The minimum absolute atomic E-state index is 0.0333. The van der Waals surface area contributed by atoms with Crippen molar-refractivity contribution in [3.05, 3.63) is 93.8 Å². The Hall–Kier alpha value is -4.16. The molecule has 1 aliphatic heterocycles. The highest BCUT2D eigenvalue weighted by Gasteiger charge is 2.45.